The Bertz CT molecular complexity index is 655. The van der Waals surface area contributed by atoms with E-state index >= 15 is 0 Å². The van der Waals surface area contributed by atoms with Gasteiger partial charge in [-0.15, -0.1) is 0 Å². The molecule has 0 bridgehead atoms. The van der Waals surface area contributed by atoms with E-state index in [1.165, 1.54) is 6.07 Å². The Kier molecular flexibility index (Phi) is 5.34. The SMILES string of the molecule is O=S(=O)(NC1CCCCC1)c1ccc(F)cc1C#CCO. The average molecular weight is 311 g/mol. The lowest BCUT2D eigenvalue weighted by Gasteiger charge is -2.22. The molecule has 0 spiro atoms. The van der Waals surface area contributed by atoms with Gasteiger partial charge >= 0.3 is 0 Å². The van der Waals surface area contributed by atoms with Crippen LogP contribution >= 0.6 is 0 Å². The van der Waals surface area contributed by atoms with Gasteiger partial charge in [0.25, 0.3) is 0 Å². The number of sulfonamides is 1. The summed E-state index contributed by atoms with van der Waals surface area (Å²) in [5.74, 6) is 4.28. The second kappa shape index (κ2) is 7.03. The molecule has 1 saturated carbocycles. The molecular formula is C15H18FNO3S. The molecule has 1 aromatic carbocycles. The number of hydrogen-bond acceptors (Lipinski definition) is 3. The lowest BCUT2D eigenvalue weighted by Crippen LogP contribution is -2.36. The fourth-order valence-electron chi connectivity index (χ4n) is 2.47. The van der Waals surface area contributed by atoms with E-state index in [0.717, 1.165) is 44.2 Å². The number of nitrogens with one attached hydrogen (secondary N) is 1. The summed E-state index contributed by atoms with van der Waals surface area (Å²) in [4.78, 5) is -0.0459. The van der Waals surface area contributed by atoms with Crippen LogP contribution in [0.2, 0.25) is 0 Å². The first-order chi connectivity index (χ1) is 10.0. The minimum absolute atomic E-state index is 0.0459. The van der Waals surface area contributed by atoms with Crippen LogP contribution in [-0.4, -0.2) is 26.2 Å². The Labute approximate surface area is 124 Å². The van der Waals surface area contributed by atoms with E-state index in [9.17, 15) is 12.8 Å². The van der Waals surface area contributed by atoms with Crippen LogP contribution in [0.15, 0.2) is 23.1 Å². The van der Waals surface area contributed by atoms with E-state index < -0.39 is 22.4 Å². The summed E-state index contributed by atoms with van der Waals surface area (Å²) in [7, 11) is -3.74. The number of benzene rings is 1. The normalized spacial score (nSPS) is 16.3. The van der Waals surface area contributed by atoms with Crippen LogP contribution in [-0.2, 0) is 10.0 Å². The number of aliphatic hydroxyl groups excluding tert-OH is 1. The molecule has 0 atom stereocenters. The summed E-state index contributed by atoms with van der Waals surface area (Å²) in [5, 5.41) is 8.72. The molecule has 2 N–H and O–H groups in total. The lowest BCUT2D eigenvalue weighted by molar-refractivity contribution is 0.350. The molecule has 0 heterocycles. The van der Waals surface area contributed by atoms with Gasteiger partial charge in [0.2, 0.25) is 10.0 Å². The van der Waals surface area contributed by atoms with Crippen molar-refractivity contribution in [3.8, 4) is 11.8 Å². The third-order valence-corrected chi connectivity index (χ3v) is 5.04. The van der Waals surface area contributed by atoms with Gasteiger partial charge in [-0.1, -0.05) is 31.1 Å². The summed E-state index contributed by atoms with van der Waals surface area (Å²) in [5.41, 5.74) is 0.0624. The molecule has 1 aromatic rings. The smallest absolute Gasteiger partial charge is 0.242 e. The molecule has 21 heavy (non-hydrogen) atoms. The van der Waals surface area contributed by atoms with Crippen molar-refractivity contribution in [2.45, 2.75) is 43.0 Å². The fraction of sp³-hybridized carbons (Fsp3) is 0.467. The van der Waals surface area contributed by atoms with Crippen molar-refractivity contribution < 1.29 is 17.9 Å². The lowest BCUT2D eigenvalue weighted by atomic mass is 9.96. The van der Waals surface area contributed by atoms with Gasteiger partial charge in [0.05, 0.1) is 4.90 Å². The van der Waals surface area contributed by atoms with Crippen LogP contribution in [0.1, 0.15) is 37.7 Å². The van der Waals surface area contributed by atoms with Crippen LogP contribution in [0.4, 0.5) is 4.39 Å². The van der Waals surface area contributed by atoms with Gasteiger partial charge in [0, 0.05) is 11.6 Å². The third-order valence-electron chi connectivity index (χ3n) is 3.46. The molecule has 0 aliphatic heterocycles. The van der Waals surface area contributed by atoms with Gasteiger partial charge in [-0.05, 0) is 31.0 Å². The molecular weight excluding hydrogens is 293 g/mol. The van der Waals surface area contributed by atoms with Crippen molar-refractivity contribution in [1.29, 1.82) is 0 Å². The van der Waals surface area contributed by atoms with Crippen molar-refractivity contribution in [3.63, 3.8) is 0 Å². The fourth-order valence-corrected chi connectivity index (χ4v) is 3.92. The minimum Gasteiger partial charge on any atom is -0.384 e. The molecule has 1 aliphatic rings. The van der Waals surface area contributed by atoms with Gasteiger partial charge < -0.3 is 5.11 Å². The Morgan fingerprint density at radius 3 is 2.67 bits per heavy atom. The molecule has 0 unspecified atom stereocenters. The maximum absolute atomic E-state index is 13.3. The highest BCUT2D eigenvalue weighted by Crippen LogP contribution is 2.21. The molecule has 114 valence electrons. The van der Waals surface area contributed by atoms with Crippen molar-refractivity contribution >= 4 is 10.0 Å². The van der Waals surface area contributed by atoms with Gasteiger partial charge in [0.15, 0.2) is 0 Å². The molecule has 0 saturated heterocycles. The third kappa shape index (κ3) is 4.27. The highest BCUT2D eigenvalue weighted by atomic mass is 32.2. The van der Waals surface area contributed by atoms with Gasteiger partial charge in [-0.25, -0.2) is 17.5 Å². The topological polar surface area (TPSA) is 66.4 Å². The number of hydrogen-bond donors (Lipinski definition) is 2. The number of rotatable bonds is 3. The maximum Gasteiger partial charge on any atom is 0.242 e. The van der Waals surface area contributed by atoms with Crippen molar-refractivity contribution in [3.05, 3.63) is 29.6 Å². The zero-order valence-corrected chi connectivity index (χ0v) is 12.4. The molecule has 6 heteroatoms. The molecule has 1 aliphatic carbocycles. The molecule has 0 amide bonds. The van der Waals surface area contributed by atoms with Crippen LogP contribution in [0.5, 0.6) is 0 Å². The summed E-state index contributed by atoms with van der Waals surface area (Å²) < 4.78 is 40.8. The predicted octanol–water partition coefficient (Wildman–Crippen LogP) is 1.78. The van der Waals surface area contributed by atoms with Crippen LogP contribution < -0.4 is 4.72 Å². The zero-order chi connectivity index (χ0) is 15.3. The zero-order valence-electron chi connectivity index (χ0n) is 11.6. The largest absolute Gasteiger partial charge is 0.384 e. The number of halogens is 1. The second-order valence-electron chi connectivity index (χ2n) is 5.06. The van der Waals surface area contributed by atoms with E-state index in [1.54, 1.807) is 0 Å². The summed E-state index contributed by atoms with van der Waals surface area (Å²) in [6.07, 6.45) is 4.78. The molecule has 0 aromatic heterocycles. The van der Waals surface area contributed by atoms with Crippen LogP contribution in [0.25, 0.3) is 0 Å². The highest BCUT2D eigenvalue weighted by Gasteiger charge is 2.24. The Balaban J connectivity index is 2.30. The standard InChI is InChI=1S/C15H18FNO3S/c16-13-8-9-15(12(11-13)5-4-10-18)21(19,20)17-14-6-2-1-3-7-14/h8-9,11,14,17-18H,1-3,6-7,10H2. The first kappa shape index (κ1) is 16.0. The van der Waals surface area contributed by atoms with E-state index in [0.29, 0.717) is 0 Å². The van der Waals surface area contributed by atoms with E-state index in [1.807, 2.05) is 0 Å². The van der Waals surface area contributed by atoms with Crippen molar-refractivity contribution in [2.24, 2.45) is 0 Å². The Hall–Kier alpha value is -1.42. The predicted molar refractivity (Wildman–Crippen MR) is 77.6 cm³/mol. The molecule has 2 rings (SSSR count). The van der Waals surface area contributed by atoms with Crippen molar-refractivity contribution in [1.82, 2.24) is 4.72 Å². The summed E-state index contributed by atoms with van der Waals surface area (Å²) >= 11 is 0. The number of aliphatic hydroxyl groups is 1. The van der Waals surface area contributed by atoms with Gasteiger partial charge in [-0.3, -0.25) is 0 Å². The van der Waals surface area contributed by atoms with Crippen LogP contribution in [0.3, 0.4) is 0 Å². The highest BCUT2D eigenvalue weighted by molar-refractivity contribution is 7.89. The van der Waals surface area contributed by atoms with Gasteiger partial charge in [-0.2, -0.15) is 0 Å². The van der Waals surface area contributed by atoms with E-state index in [2.05, 4.69) is 16.6 Å². The first-order valence-electron chi connectivity index (χ1n) is 6.94. The van der Waals surface area contributed by atoms with E-state index in [-0.39, 0.29) is 16.5 Å². The Morgan fingerprint density at radius 2 is 2.00 bits per heavy atom. The van der Waals surface area contributed by atoms with E-state index in [4.69, 9.17) is 5.11 Å². The van der Waals surface area contributed by atoms with Gasteiger partial charge in [0.1, 0.15) is 12.4 Å². The monoisotopic (exact) mass is 311 g/mol. The van der Waals surface area contributed by atoms with Crippen LogP contribution in [0, 0.1) is 17.7 Å². The quantitative estimate of drug-likeness (QED) is 0.836. The average Bonchev–Trinajstić information content (AvgIpc) is 2.45. The Morgan fingerprint density at radius 1 is 1.29 bits per heavy atom. The molecule has 1 fully saturated rings. The summed E-state index contributed by atoms with van der Waals surface area (Å²) in [6.45, 7) is -0.411. The molecule has 4 nitrogen and oxygen atoms in total. The maximum atomic E-state index is 13.3. The summed E-state index contributed by atoms with van der Waals surface area (Å²) in [6, 6.07) is 3.30. The first-order valence-corrected chi connectivity index (χ1v) is 8.43. The van der Waals surface area contributed by atoms with Crippen molar-refractivity contribution in [2.75, 3.05) is 6.61 Å². The second-order valence-corrected chi connectivity index (χ2v) is 6.74. The molecule has 0 radical (unpaired) electrons. The minimum atomic E-state index is -3.74.